The zero-order chi connectivity index (χ0) is 21.8. The minimum Gasteiger partial charge on any atom is -0.454 e. The highest BCUT2D eigenvalue weighted by atomic mass is 35.5. The van der Waals surface area contributed by atoms with Crippen LogP contribution < -0.4 is 0 Å². The van der Waals surface area contributed by atoms with Crippen LogP contribution in [0.5, 0.6) is 0 Å². The van der Waals surface area contributed by atoms with E-state index in [2.05, 4.69) is 4.98 Å². The third kappa shape index (κ3) is 4.35. The van der Waals surface area contributed by atoms with Crippen LogP contribution in [0.1, 0.15) is 32.1 Å². The topological polar surface area (TPSA) is 81.4 Å². The van der Waals surface area contributed by atoms with E-state index in [0.29, 0.717) is 21.9 Å². The highest BCUT2D eigenvalue weighted by molar-refractivity contribution is 6.31. The van der Waals surface area contributed by atoms with Gasteiger partial charge in [-0.25, -0.2) is 9.78 Å². The van der Waals surface area contributed by atoms with E-state index in [4.69, 9.17) is 16.3 Å². The Labute approximate surface area is 183 Å². The summed E-state index contributed by atoms with van der Waals surface area (Å²) < 4.78 is 7.26. The van der Waals surface area contributed by atoms with Crippen molar-refractivity contribution in [1.29, 1.82) is 0 Å². The number of ether oxygens (including phenoxy) is 1. The summed E-state index contributed by atoms with van der Waals surface area (Å²) in [5.41, 5.74) is 2.37. The molecule has 0 amide bonds. The molecule has 0 aliphatic rings. The molecule has 0 saturated heterocycles. The van der Waals surface area contributed by atoms with Gasteiger partial charge in [-0.2, -0.15) is 0 Å². The lowest BCUT2D eigenvalue weighted by Gasteiger charge is -2.10. The van der Waals surface area contributed by atoms with Crippen molar-refractivity contribution in [2.45, 2.75) is 13.2 Å². The fraction of sp³-hybridized carbons (Fsp3) is 0.125. The maximum atomic E-state index is 12.9. The highest BCUT2D eigenvalue weighted by Crippen LogP contribution is 2.22. The Morgan fingerprint density at radius 3 is 2.42 bits per heavy atom. The van der Waals surface area contributed by atoms with E-state index < -0.39 is 5.97 Å². The van der Waals surface area contributed by atoms with Crippen molar-refractivity contribution in [3.63, 3.8) is 0 Å². The molecular formula is C24H19ClN2O4. The number of aliphatic hydroxyl groups is 1. The first-order chi connectivity index (χ1) is 15.1. The number of ketones is 1. The Hall–Kier alpha value is -3.48. The number of halogens is 1. The number of fused-ring (bicyclic) bond motifs is 1. The number of hydrogen-bond acceptors (Lipinski definition) is 5. The van der Waals surface area contributed by atoms with Gasteiger partial charge in [-0.1, -0.05) is 60.1 Å². The molecule has 156 valence electrons. The summed E-state index contributed by atoms with van der Waals surface area (Å²) >= 11 is 6.08. The molecular weight excluding hydrogens is 416 g/mol. The van der Waals surface area contributed by atoms with Gasteiger partial charge in [0, 0.05) is 22.7 Å². The van der Waals surface area contributed by atoms with E-state index in [1.807, 2.05) is 6.07 Å². The van der Waals surface area contributed by atoms with E-state index in [9.17, 15) is 14.7 Å². The van der Waals surface area contributed by atoms with E-state index in [0.717, 1.165) is 5.52 Å². The minimum atomic E-state index is -0.625. The number of rotatable bonds is 7. The van der Waals surface area contributed by atoms with Crippen molar-refractivity contribution in [1.82, 2.24) is 9.55 Å². The number of nitrogens with zero attached hydrogens (tertiary/aromatic N) is 2. The summed E-state index contributed by atoms with van der Waals surface area (Å²) in [5.74, 6) is -0.401. The Kier molecular flexibility index (Phi) is 6.11. The monoisotopic (exact) mass is 434 g/mol. The largest absolute Gasteiger partial charge is 0.454 e. The van der Waals surface area contributed by atoms with Gasteiger partial charge < -0.3 is 14.4 Å². The average molecular weight is 435 g/mol. The molecule has 7 heteroatoms. The molecule has 31 heavy (non-hydrogen) atoms. The third-order valence-electron chi connectivity index (χ3n) is 4.87. The summed E-state index contributed by atoms with van der Waals surface area (Å²) in [6.07, 6.45) is 0. The third-order valence-corrected chi connectivity index (χ3v) is 5.11. The number of carbonyl (C=O) groups excluding carboxylic acids is 2. The smallest absolute Gasteiger partial charge is 0.339 e. The van der Waals surface area contributed by atoms with Gasteiger partial charge in [0.05, 0.1) is 23.2 Å². The van der Waals surface area contributed by atoms with Crippen LogP contribution in [-0.4, -0.2) is 33.0 Å². The molecule has 0 fully saturated rings. The Bertz CT molecular complexity index is 1250. The van der Waals surface area contributed by atoms with Crippen molar-refractivity contribution in [3.8, 4) is 0 Å². The van der Waals surface area contributed by atoms with Crippen molar-refractivity contribution in [2.75, 3.05) is 6.61 Å². The SMILES string of the molecule is O=C(OCc1nc2ccc(Cl)cc2n1CCO)c1ccccc1C(=O)c1ccccc1. The van der Waals surface area contributed by atoms with Crippen LogP contribution in [-0.2, 0) is 17.9 Å². The molecule has 0 aliphatic heterocycles. The lowest BCUT2D eigenvalue weighted by Crippen LogP contribution is -2.15. The number of esters is 1. The molecule has 1 heterocycles. The lowest BCUT2D eigenvalue weighted by molar-refractivity contribution is 0.0455. The quantitative estimate of drug-likeness (QED) is 0.347. The van der Waals surface area contributed by atoms with Gasteiger partial charge in [0.2, 0.25) is 0 Å². The summed E-state index contributed by atoms with van der Waals surface area (Å²) in [6.45, 7) is 0.0686. The molecule has 0 aliphatic carbocycles. The minimum absolute atomic E-state index is 0.104. The highest BCUT2D eigenvalue weighted by Gasteiger charge is 2.20. The average Bonchev–Trinajstić information content (AvgIpc) is 3.14. The second-order valence-electron chi connectivity index (χ2n) is 6.85. The molecule has 6 nitrogen and oxygen atoms in total. The molecule has 0 unspecified atom stereocenters. The van der Waals surface area contributed by atoms with Crippen molar-refractivity contribution in [2.24, 2.45) is 0 Å². The van der Waals surface area contributed by atoms with Crippen LogP contribution in [0.15, 0.2) is 72.8 Å². The number of aromatic nitrogens is 2. The van der Waals surface area contributed by atoms with Crippen molar-refractivity contribution >= 4 is 34.4 Å². The Morgan fingerprint density at radius 2 is 1.68 bits per heavy atom. The van der Waals surface area contributed by atoms with Crippen molar-refractivity contribution in [3.05, 3.63) is 100 Å². The van der Waals surface area contributed by atoms with Crippen LogP contribution >= 0.6 is 11.6 Å². The normalized spacial score (nSPS) is 10.9. The van der Waals surface area contributed by atoms with Gasteiger partial charge in [0.25, 0.3) is 0 Å². The Balaban J connectivity index is 1.59. The van der Waals surface area contributed by atoms with Crippen LogP contribution in [0.4, 0.5) is 0 Å². The molecule has 4 rings (SSSR count). The van der Waals surface area contributed by atoms with Gasteiger partial charge in [0.15, 0.2) is 5.78 Å². The fourth-order valence-corrected chi connectivity index (χ4v) is 3.58. The Morgan fingerprint density at radius 1 is 0.968 bits per heavy atom. The summed E-state index contributed by atoms with van der Waals surface area (Å²) in [7, 11) is 0. The number of benzene rings is 3. The molecule has 0 spiro atoms. The number of aliphatic hydroxyl groups excluding tert-OH is 1. The zero-order valence-corrected chi connectivity index (χ0v) is 17.2. The first-order valence-electron chi connectivity index (χ1n) is 9.70. The first kappa shape index (κ1) is 20.8. The fourth-order valence-electron chi connectivity index (χ4n) is 3.42. The summed E-state index contributed by atoms with van der Waals surface area (Å²) in [5, 5.41) is 9.97. The molecule has 0 bridgehead atoms. The second kappa shape index (κ2) is 9.12. The molecule has 0 atom stereocenters. The second-order valence-corrected chi connectivity index (χ2v) is 7.29. The van der Waals surface area contributed by atoms with Gasteiger partial charge in [0.1, 0.15) is 12.4 Å². The first-order valence-corrected chi connectivity index (χ1v) is 10.1. The van der Waals surface area contributed by atoms with Crippen molar-refractivity contribution < 1.29 is 19.4 Å². The molecule has 3 aromatic carbocycles. The molecule has 1 N–H and O–H groups in total. The van der Waals surface area contributed by atoms with E-state index in [1.165, 1.54) is 0 Å². The standard InChI is InChI=1S/C24H19ClN2O4/c25-17-10-11-20-21(14-17)27(12-13-28)22(26-20)15-31-24(30)19-9-5-4-8-18(19)23(29)16-6-2-1-3-7-16/h1-11,14,28H,12-13,15H2. The lowest BCUT2D eigenvalue weighted by atomic mass is 9.98. The van der Waals surface area contributed by atoms with Crippen LogP contribution in [0.25, 0.3) is 11.0 Å². The van der Waals surface area contributed by atoms with Gasteiger partial charge in [-0.05, 0) is 24.3 Å². The summed E-state index contributed by atoms with van der Waals surface area (Å²) in [6, 6.07) is 20.6. The maximum absolute atomic E-state index is 12.9. The van der Waals surface area contributed by atoms with Crippen LogP contribution in [0, 0.1) is 0 Å². The van der Waals surface area contributed by atoms with Crippen LogP contribution in [0.2, 0.25) is 5.02 Å². The molecule has 0 radical (unpaired) electrons. The van der Waals surface area contributed by atoms with Gasteiger partial charge in [-0.3, -0.25) is 4.79 Å². The molecule has 4 aromatic rings. The number of imidazole rings is 1. The van der Waals surface area contributed by atoms with E-state index in [1.54, 1.807) is 71.3 Å². The summed E-state index contributed by atoms with van der Waals surface area (Å²) in [4.78, 5) is 30.2. The van der Waals surface area contributed by atoms with Gasteiger partial charge >= 0.3 is 5.97 Å². The number of hydrogen-bond donors (Lipinski definition) is 1. The zero-order valence-electron chi connectivity index (χ0n) is 16.5. The maximum Gasteiger partial charge on any atom is 0.339 e. The predicted octanol–water partition coefficient (Wildman–Crippen LogP) is 4.27. The van der Waals surface area contributed by atoms with Gasteiger partial charge in [-0.15, -0.1) is 0 Å². The van der Waals surface area contributed by atoms with E-state index >= 15 is 0 Å². The molecule has 1 aromatic heterocycles. The predicted molar refractivity (Wildman–Crippen MR) is 117 cm³/mol. The number of carbonyl (C=O) groups is 2. The molecule has 0 saturated carbocycles. The van der Waals surface area contributed by atoms with E-state index in [-0.39, 0.29) is 36.7 Å². The van der Waals surface area contributed by atoms with Crippen LogP contribution in [0.3, 0.4) is 0 Å².